The van der Waals surface area contributed by atoms with Gasteiger partial charge >= 0.3 is 0 Å². The molecule has 15 heavy (non-hydrogen) atoms. The van der Waals surface area contributed by atoms with Crippen molar-refractivity contribution in [3.63, 3.8) is 0 Å². The van der Waals surface area contributed by atoms with E-state index in [0.717, 1.165) is 6.07 Å². The van der Waals surface area contributed by atoms with E-state index in [1.807, 2.05) is 0 Å². The van der Waals surface area contributed by atoms with Crippen molar-refractivity contribution in [1.82, 2.24) is 0 Å². The summed E-state index contributed by atoms with van der Waals surface area (Å²) in [5.41, 5.74) is 5.29. The Kier molecular flexibility index (Phi) is 2.89. The highest BCUT2D eigenvalue weighted by molar-refractivity contribution is 5.96. The third kappa shape index (κ3) is 2.04. The van der Waals surface area contributed by atoms with Gasteiger partial charge in [-0.2, -0.15) is 0 Å². The molecule has 6 nitrogen and oxygen atoms in total. The Bertz CT molecular complexity index is 428. The molecule has 0 aliphatic carbocycles. The van der Waals surface area contributed by atoms with Crippen LogP contribution in [0.4, 0.5) is 11.4 Å². The standard InChI is InChI=1S/C9H10N2O4/c1-5(12)6-3-7(11(13)14)9(10)8(4-6)15-2/h3-4H,10H2,1-2H3. The normalized spacial score (nSPS) is 9.73. The van der Waals surface area contributed by atoms with Crippen molar-refractivity contribution in [2.45, 2.75) is 6.92 Å². The molecule has 1 rings (SSSR count). The summed E-state index contributed by atoms with van der Waals surface area (Å²) in [5, 5.41) is 10.6. The number of hydrogen-bond acceptors (Lipinski definition) is 5. The number of Topliss-reactive ketones (excluding diaryl/α,β-unsaturated/α-hetero) is 1. The summed E-state index contributed by atoms with van der Waals surface area (Å²) < 4.78 is 4.84. The molecule has 0 saturated carbocycles. The number of ketones is 1. The number of carbonyl (C=O) groups excluding carboxylic acids is 1. The number of nitrogens with two attached hydrogens (primary N) is 1. The molecule has 6 heteroatoms. The zero-order valence-corrected chi connectivity index (χ0v) is 8.31. The second kappa shape index (κ2) is 3.95. The fraction of sp³-hybridized carbons (Fsp3) is 0.222. The lowest BCUT2D eigenvalue weighted by Crippen LogP contribution is -2.02. The Labute approximate surface area is 85.8 Å². The minimum absolute atomic E-state index is 0.0764. The summed E-state index contributed by atoms with van der Waals surface area (Å²) >= 11 is 0. The Morgan fingerprint density at radius 3 is 2.53 bits per heavy atom. The fourth-order valence-corrected chi connectivity index (χ4v) is 1.14. The third-order valence-electron chi connectivity index (χ3n) is 1.94. The van der Waals surface area contributed by atoms with Crippen LogP contribution in [0.5, 0.6) is 5.75 Å². The van der Waals surface area contributed by atoms with Crippen molar-refractivity contribution in [3.8, 4) is 5.75 Å². The van der Waals surface area contributed by atoms with Crippen LogP contribution in [-0.2, 0) is 0 Å². The van der Waals surface area contributed by atoms with Gasteiger partial charge in [0.15, 0.2) is 11.5 Å². The SMILES string of the molecule is COc1cc(C(C)=O)cc([N+](=O)[O-])c1N. The van der Waals surface area contributed by atoms with Crippen LogP contribution in [0, 0.1) is 10.1 Å². The molecular formula is C9H10N2O4. The molecule has 0 spiro atoms. The first-order chi connectivity index (χ1) is 6.97. The topological polar surface area (TPSA) is 95.5 Å². The zero-order chi connectivity index (χ0) is 11.6. The molecule has 0 aromatic heterocycles. The van der Waals surface area contributed by atoms with Gasteiger partial charge in [-0.15, -0.1) is 0 Å². The van der Waals surface area contributed by atoms with Gasteiger partial charge in [0.05, 0.1) is 12.0 Å². The summed E-state index contributed by atoms with van der Waals surface area (Å²) in [5.74, 6) is -0.147. The van der Waals surface area contributed by atoms with Crippen molar-refractivity contribution >= 4 is 17.2 Å². The third-order valence-corrected chi connectivity index (χ3v) is 1.94. The second-order valence-electron chi connectivity index (χ2n) is 2.92. The van der Waals surface area contributed by atoms with Crippen LogP contribution in [0.1, 0.15) is 17.3 Å². The Morgan fingerprint density at radius 2 is 2.13 bits per heavy atom. The maximum Gasteiger partial charge on any atom is 0.296 e. The van der Waals surface area contributed by atoms with Crippen LogP contribution < -0.4 is 10.5 Å². The van der Waals surface area contributed by atoms with Crippen LogP contribution in [0.15, 0.2) is 12.1 Å². The summed E-state index contributed by atoms with van der Waals surface area (Å²) in [4.78, 5) is 21.1. The number of methoxy groups -OCH3 is 1. The number of nitrogen functional groups attached to an aromatic ring is 1. The van der Waals surface area contributed by atoms with Crippen LogP contribution in [0.2, 0.25) is 0 Å². The van der Waals surface area contributed by atoms with Crippen LogP contribution in [-0.4, -0.2) is 17.8 Å². The second-order valence-corrected chi connectivity index (χ2v) is 2.92. The number of nitro groups is 1. The van der Waals surface area contributed by atoms with Crippen LogP contribution >= 0.6 is 0 Å². The maximum absolute atomic E-state index is 11.1. The first-order valence-electron chi connectivity index (χ1n) is 4.10. The zero-order valence-electron chi connectivity index (χ0n) is 8.31. The number of nitro benzene ring substituents is 1. The van der Waals surface area contributed by atoms with E-state index in [9.17, 15) is 14.9 Å². The van der Waals surface area contributed by atoms with Crippen LogP contribution in [0.25, 0.3) is 0 Å². The highest BCUT2D eigenvalue weighted by Gasteiger charge is 2.19. The number of benzene rings is 1. The highest BCUT2D eigenvalue weighted by Crippen LogP contribution is 2.32. The number of rotatable bonds is 3. The minimum Gasteiger partial charge on any atom is -0.494 e. The van der Waals surface area contributed by atoms with Gasteiger partial charge in [0.1, 0.15) is 5.75 Å². The van der Waals surface area contributed by atoms with E-state index >= 15 is 0 Å². The van der Waals surface area contributed by atoms with Crippen molar-refractivity contribution in [2.24, 2.45) is 0 Å². The van der Waals surface area contributed by atoms with Gasteiger partial charge in [-0.1, -0.05) is 0 Å². The van der Waals surface area contributed by atoms with Crippen LogP contribution in [0.3, 0.4) is 0 Å². The van der Waals surface area contributed by atoms with Gasteiger partial charge in [0.25, 0.3) is 5.69 Å². The predicted octanol–water partition coefficient (Wildman–Crippen LogP) is 1.39. The molecule has 0 saturated heterocycles. The molecule has 0 aliphatic rings. The maximum atomic E-state index is 11.1. The summed E-state index contributed by atoms with van der Waals surface area (Å²) in [6, 6.07) is 2.52. The van der Waals surface area contributed by atoms with E-state index in [1.54, 1.807) is 0 Å². The van der Waals surface area contributed by atoms with E-state index in [-0.39, 0.29) is 28.5 Å². The number of carbonyl (C=O) groups is 1. The molecule has 0 fully saturated rings. The van der Waals surface area contributed by atoms with Crippen molar-refractivity contribution in [1.29, 1.82) is 0 Å². The molecule has 0 heterocycles. The molecule has 0 amide bonds. The predicted molar refractivity (Wildman–Crippen MR) is 54.1 cm³/mol. The first kappa shape index (κ1) is 11.0. The Balaban J connectivity index is 3.45. The number of hydrogen-bond donors (Lipinski definition) is 1. The van der Waals surface area contributed by atoms with Crippen molar-refractivity contribution < 1.29 is 14.5 Å². The summed E-state index contributed by atoms with van der Waals surface area (Å²) in [6.07, 6.45) is 0. The monoisotopic (exact) mass is 210 g/mol. The highest BCUT2D eigenvalue weighted by atomic mass is 16.6. The lowest BCUT2D eigenvalue weighted by Gasteiger charge is -2.06. The van der Waals surface area contributed by atoms with E-state index < -0.39 is 4.92 Å². The molecule has 0 radical (unpaired) electrons. The molecule has 80 valence electrons. The number of nitrogens with zero attached hydrogens (tertiary/aromatic N) is 1. The summed E-state index contributed by atoms with van der Waals surface area (Å²) in [7, 11) is 1.33. The number of anilines is 1. The van der Waals surface area contributed by atoms with Gasteiger partial charge in [0.2, 0.25) is 0 Å². The van der Waals surface area contributed by atoms with E-state index in [2.05, 4.69) is 0 Å². The van der Waals surface area contributed by atoms with E-state index in [0.29, 0.717) is 0 Å². The van der Waals surface area contributed by atoms with Gasteiger partial charge in [-0.3, -0.25) is 14.9 Å². The number of ether oxygens (including phenoxy) is 1. The fourth-order valence-electron chi connectivity index (χ4n) is 1.14. The Hall–Kier alpha value is -2.11. The van der Waals surface area contributed by atoms with Crippen molar-refractivity contribution in [2.75, 3.05) is 12.8 Å². The van der Waals surface area contributed by atoms with Crippen molar-refractivity contribution in [3.05, 3.63) is 27.8 Å². The largest absolute Gasteiger partial charge is 0.494 e. The molecule has 2 N–H and O–H groups in total. The molecule has 0 bridgehead atoms. The summed E-state index contributed by atoms with van der Waals surface area (Å²) in [6.45, 7) is 1.31. The van der Waals surface area contributed by atoms with E-state index in [1.165, 1.54) is 20.1 Å². The average molecular weight is 210 g/mol. The average Bonchev–Trinajstić information content (AvgIpc) is 2.17. The quantitative estimate of drug-likeness (QED) is 0.352. The molecule has 1 aromatic carbocycles. The lowest BCUT2D eigenvalue weighted by atomic mass is 10.1. The molecular weight excluding hydrogens is 200 g/mol. The Morgan fingerprint density at radius 1 is 1.53 bits per heavy atom. The van der Waals surface area contributed by atoms with Gasteiger partial charge in [-0.05, 0) is 13.0 Å². The first-order valence-corrected chi connectivity index (χ1v) is 4.10. The lowest BCUT2D eigenvalue weighted by molar-refractivity contribution is -0.384. The van der Waals surface area contributed by atoms with Gasteiger partial charge < -0.3 is 10.5 Å². The van der Waals surface area contributed by atoms with Gasteiger partial charge in [0, 0.05) is 11.6 Å². The van der Waals surface area contributed by atoms with Gasteiger partial charge in [-0.25, -0.2) is 0 Å². The molecule has 1 aromatic rings. The minimum atomic E-state index is -0.649. The molecule has 0 aliphatic heterocycles. The molecule has 0 atom stereocenters. The molecule has 0 unspecified atom stereocenters. The van der Waals surface area contributed by atoms with E-state index in [4.69, 9.17) is 10.5 Å². The smallest absolute Gasteiger partial charge is 0.296 e.